The number of hydrogen-bond acceptors (Lipinski definition) is 3. The van der Waals surface area contributed by atoms with Crippen LogP contribution in [0, 0.1) is 0 Å². The van der Waals surface area contributed by atoms with Crippen LogP contribution in [0.25, 0.3) is 0 Å². The zero-order valence-electron chi connectivity index (χ0n) is 10.1. The molecule has 17 heavy (non-hydrogen) atoms. The number of hydrogen-bond donors (Lipinski definition) is 1. The van der Waals surface area contributed by atoms with Gasteiger partial charge in [0.25, 0.3) is 0 Å². The Hall–Kier alpha value is -0.420. The standard InChI is InChI=1S/C13H20BrN3/c14-13-3-1-2-12(10-13)11-17-8-6-16(5-4-15)7-9-17/h1-3,10H,4-9,11,15H2. The van der Waals surface area contributed by atoms with E-state index in [9.17, 15) is 0 Å². The molecule has 1 fully saturated rings. The summed E-state index contributed by atoms with van der Waals surface area (Å²) in [7, 11) is 0. The summed E-state index contributed by atoms with van der Waals surface area (Å²) in [4.78, 5) is 4.95. The van der Waals surface area contributed by atoms with Crippen molar-refractivity contribution in [1.82, 2.24) is 9.80 Å². The van der Waals surface area contributed by atoms with Gasteiger partial charge in [0.1, 0.15) is 0 Å². The molecular formula is C13H20BrN3. The van der Waals surface area contributed by atoms with Crippen molar-refractivity contribution in [2.75, 3.05) is 39.3 Å². The third-order valence-electron chi connectivity index (χ3n) is 3.21. The molecule has 0 spiro atoms. The van der Waals surface area contributed by atoms with Gasteiger partial charge in [-0.05, 0) is 17.7 Å². The van der Waals surface area contributed by atoms with Gasteiger partial charge in [0, 0.05) is 50.3 Å². The highest BCUT2D eigenvalue weighted by atomic mass is 79.9. The van der Waals surface area contributed by atoms with Crippen LogP contribution in [0.3, 0.4) is 0 Å². The van der Waals surface area contributed by atoms with E-state index in [0.717, 1.165) is 50.3 Å². The van der Waals surface area contributed by atoms with Gasteiger partial charge in [0.05, 0.1) is 0 Å². The maximum Gasteiger partial charge on any atom is 0.0235 e. The van der Waals surface area contributed by atoms with E-state index in [4.69, 9.17) is 5.73 Å². The van der Waals surface area contributed by atoms with E-state index in [-0.39, 0.29) is 0 Å². The third kappa shape index (κ3) is 4.07. The smallest absolute Gasteiger partial charge is 0.0235 e. The second-order valence-electron chi connectivity index (χ2n) is 4.54. The van der Waals surface area contributed by atoms with Gasteiger partial charge in [0.2, 0.25) is 0 Å². The average Bonchev–Trinajstić information content (AvgIpc) is 2.32. The van der Waals surface area contributed by atoms with Crippen LogP contribution in [0.5, 0.6) is 0 Å². The Morgan fingerprint density at radius 2 is 1.82 bits per heavy atom. The van der Waals surface area contributed by atoms with Crippen molar-refractivity contribution in [1.29, 1.82) is 0 Å². The molecule has 0 unspecified atom stereocenters. The van der Waals surface area contributed by atoms with E-state index >= 15 is 0 Å². The van der Waals surface area contributed by atoms with Crippen molar-refractivity contribution in [2.45, 2.75) is 6.54 Å². The fourth-order valence-electron chi connectivity index (χ4n) is 2.25. The molecule has 1 aromatic rings. The minimum Gasteiger partial charge on any atom is -0.329 e. The molecular weight excluding hydrogens is 278 g/mol. The van der Waals surface area contributed by atoms with Crippen LogP contribution in [0.4, 0.5) is 0 Å². The van der Waals surface area contributed by atoms with E-state index < -0.39 is 0 Å². The van der Waals surface area contributed by atoms with Gasteiger partial charge in [-0.3, -0.25) is 9.80 Å². The minimum atomic E-state index is 0.769. The topological polar surface area (TPSA) is 32.5 Å². The lowest BCUT2D eigenvalue weighted by molar-refractivity contribution is 0.130. The normalized spacial score (nSPS) is 18.5. The van der Waals surface area contributed by atoms with Gasteiger partial charge in [-0.15, -0.1) is 0 Å². The Kier molecular flexibility index (Phi) is 4.98. The van der Waals surface area contributed by atoms with Crippen molar-refractivity contribution in [3.8, 4) is 0 Å². The molecule has 2 N–H and O–H groups in total. The number of rotatable bonds is 4. The number of piperazine rings is 1. The van der Waals surface area contributed by atoms with Crippen LogP contribution < -0.4 is 5.73 Å². The number of nitrogens with two attached hydrogens (primary N) is 1. The van der Waals surface area contributed by atoms with Crippen LogP contribution in [0.15, 0.2) is 28.7 Å². The van der Waals surface area contributed by atoms with Crippen molar-refractivity contribution < 1.29 is 0 Å². The molecule has 0 radical (unpaired) electrons. The van der Waals surface area contributed by atoms with Gasteiger partial charge in [-0.1, -0.05) is 28.1 Å². The van der Waals surface area contributed by atoms with Gasteiger partial charge in [0.15, 0.2) is 0 Å². The van der Waals surface area contributed by atoms with Crippen molar-refractivity contribution in [2.24, 2.45) is 5.73 Å². The Morgan fingerprint density at radius 3 is 2.47 bits per heavy atom. The molecule has 1 aliphatic heterocycles. The molecule has 0 bridgehead atoms. The summed E-state index contributed by atoms with van der Waals surface area (Å²) in [5.41, 5.74) is 6.95. The lowest BCUT2D eigenvalue weighted by Crippen LogP contribution is -2.47. The largest absolute Gasteiger partial charge is 0.329 e. The fourth-order valence-corrected chi connectivity index (χ4v) is 2.69. The van der Waals surface area contributed by atoms with Crippen molar-refractivity contribution in [3.63, 3.8) is 0 Å². The summed E-state index contributed by atoms with van der Waals surface area (Å²) in [6.45, 7) is 7.43. The molecule has 0 atom stereocenters. The van der Waals surface area contributed by atoms with Crippen LogP contribution in [0.2, 0.25) is 0 Å². The van der Waals surface area contributed by atoms with Gasteiger partial charge in [-0.2, -0.15) is 0 Å². The third-order valence-corrected chi connectivity index (χ3v) is 3.70. The van der Waals surface area contributed by atoms with E-state index in [1.165, 1.54) is 5.56 Å². The summed E-state index contributed by atoms with van der Waals surface area (Å²) in [6.07, 6.45) is 0. The van der Waals surface area contributed by atoms with E-state index in [1.807, 2.05) is 0 Å². The first-order valence-electron chi connectivity index (χ1n) is 6.17. The Morgan fingerprint density at radius 1 is 1.12 bits per heavy atom. The molecule has 0 aliphatic carbocycles. The monoisotopic (exact) mass is 297 g/mol. The maximum atomic E-state index is 5.57. The quantitative estimate of drug-likeness (QED) is 0.915. The predicted octanol–water partition coefficient (Wildman–Crippen LogP) is 1.53. The van der Waals surface area contributed by atoms with Crippen LogP contribution >= 0.6 is 15.9 Å². The molecule has 4 heteroatoms. The van der Waals surface area contributed by atoms with Crippen molar-refractivity contribution in [3.05, 3.63) is 34.3 Å². The van der Waals surface area contributed by atoms with Crippen molar-refractivity contribution >= 4 is 15.9 Å². The molecule has 0 saturated carbocycles. The number of halogens is 1. The van der Waals surface area contributed by atoms with Crippen LogP contribution in [-0.2, 0) is 6.54 Å². The molecule has 0 amide bonds. The van der Waals surface area contributed by atoms with Gasteiger partial charge < -0.3 is 5.73 Å². The van der Waals surface area contributed by atoms with E-state index in [2.05, 4.69) is 50.0 Å². The highest BCUT2D eigenvalue weighted by Crippen LogP contribution is 2.14. The summed E-state index contributed by atoms with van der Waals surface area (Å²) < 4.78 is 1.16. The summed E-state index contributed by atoms with van der Waals surface area (Å²) in [5.74, 6) is 0. The Labute approximate surface area is 112 Å². The highest BCUT2D eigenvalue weighted by Gasteiger charge is 2.15. The summed E-state index contributed by atoms with van der Waals surface area (Å²) >= 11 is 3.52. The molecule has 1 aromatic carbocycles. The highest BCUT2D eigenvalue weighted by molar-refractivity contribution is 9.10. The van der Waals surface area contributed by atoms with E-state index in [0.29, 0.717) is 0 Å². The molecule has 94 valence electrons. The molecule has 1 saturated heterocycles. The second kappa shape index (κ2) is 6.50. The summed E-state index contributed by atoms with van der Waals surface area (Å²) in [6, 6.07) is 8.57. The average molecular weight is 298 g/mol. The lowest BCUT2D eigenvalue weighted by atomic mass is 10.2. The Balaban J connectivity index is 1.82. The van der Waals surface area contributed by atoms with Crippen LogP contribution in [0.1, 0.15) is 5.56 Å². The second-order valence-corrected chi connectivity index (χ2v) is 5.45. The van der Waals surface area contributed by atoms with Crippen LogP contribution in [-0.4, -0.2) is 49.1 Å². The SMILES string of the molecule is NCCN1CCN(Cc2cccc(Br)c2)CC1. The first-order valence-corrected chi connectivity index (χ1v) is 6.96. The molecule has 1 heterocycles. The molecule has 3 nitrogen and oxygen atoms in total. The predicted molar refractivity (Wildman–Crippen MR) is 74.9 cm³/mol. The first-order chi connectivity index (χ1) is 8.28. The zero-order chi connectivity index (χ0) is 12.1. The zero-order valence-corrected chi connectivity index (χ0v) is 11.7. The summed E-state index contributed by atoms with van der Waals surface area (Å²) in [5, 5.41) is 0. The number of benzene rings is 1. The maximum absolute atomic E-state index is 5.57. The first kappa shape index (κ1) is 13.0. The molecule has 1 aliphatic rings. The van der Waals surface area contributed by atoms with E-state index in [1.54, 1.807) is 0 Å². The lowest BCUT2D eigenvalue weighted by Gasteiger charge is -2.34. The minimum absolute atomic E-state index is 0.769. The van der Waals surface area contributed by atoms with Gasteiger partial charge in [-0.25, -0.2) is 0 Å². The Bertz CT molecular complexity index is 348. The van der Waals surface area contributed by atoms with Gasteiger partial charge >= 0.3 is 0 Å². The molecule has 2 rings (SSSR count). The molecule has 0 aromatic heterocycles. The number of nitrogens with zero attached hydrogens (tertiary/aromatic N) is 2. The fraction of sp³-hybridized carbons (Fsp3) is 0.538.